The lowest BCUT2D eigenvalue weighted by Gasteiger charge is -2.14. The van der Waals surface area contributed by atoms with Crippen LogP contribution < -0.4 is 9.47 Å². The van der Waals surface area contributed by atoms with Crippen LogP contribution in [0.4, 0.5) is 0 Å². The molecule has 0 heterocycles. The lowest BCUT2D eigenvalue weighted by Crippen LogP contribution is -2.02. The second kappa shape index (κ2) is 7.83. The molecule has 0 N–H and O–H groups in total. The average Bonchev–Trinajstić information content (AvgIpc) is 2.32. The highest BCUT2D eigenvalue weighted by atomic mass is 79.9. The van der Waals surface area contributed by atoms with Crippen molar-refractivity contribution < 1.29 is 9.47 Å². The molecule has 1 rings (SSSR count). The van der Waals surface area contributed by atoms with Gasteiger partial charge in [-0.1, -0.05) is 13.3 Å². The van der Waals surface area contributed by atoms with E-state index in [-0.39, 0.29) is 0 Å². The predicted molar refractivity (Wildman–Crippen MR) is 75.3 cm³/mol. The van der Waals surface area contributed by atoms with Crippen LogP contribution in [0.25, 0.3) is 0 Å². The van der Waals surface area contributed by atoms with E-state index >= 15 is 0 Å². The molecule has 1 aromatic carbocycles. The van der Waals surface area contributed by atoms with Crippen LogP contribution in [0.2, 0.25) is 0 Å². The highest BCUT2D eigenvalue weighted by Gasteiger charge is 2.11. The first-order chi connectivity index (χ1) is 8.22. The zero-order valence-electron chi connectivity index (χ0n) is 10.3. The van der Waals surface area contributed by atoms with E-state index in [4.69, 9.17) is 21.1 Å². The van der Waals surface area contributed by atoms with Crippen molar-refractivity contribution in [1.82, 2.24) is 0 Å². The summed E-state index contributed by atoms with van der Waals surface area (Å²) < 4.78 is 12.2. The van der Waals surface area contributed by atoms with Crippen LogP contribution in [-0.4, -0.2) is 13.2 Å². The zero-order chi connectivity index (χ0) is 12.7. The zero-order valence-corrected chi connectivity index (χ0v) is 12.6. The normalized spacial score (nSPS) is 10.4. The van der Waals surface area contributed by atoms with E-state index in [1.165, 1.54) is 0 Å². The summed E-state index contributed by atoms with van der Waals surface area (Å²) in [7, 11) is 0. The molecule has 0 saturated carbocycles. The van der Waals surface area contributed by atoms with Gasteiger partial charge in [-0.15, -0.1) is 11.6 Å². The van der Waals surface area contributed by atoms with Gasteiger partial charge in [0, 0.05) is 5.88 Å². The van der Waals surface area contributed by atoms with Gasteiger partial charge in [-0.25, -0.2) is 0 Å². The van der Waals surface area contributed by atoms with Crippen molar-refractivity contribution in [1.29, 1.82) is 0 Å². The highest BCUT2D eigenvalue weighted by molar-refractivity contribution is 9.10. The molecule has 0 atom stereocenters. The fourth-order valence-electron chi connectivity index (χ4n) is 1.42. The number of ether oxygens (including phenoxy) is 2. The Morgan fingerprint density at radius 1 is 1.24 bits per heavy atom. The first-order valence-corrected chi connectivity index (χ1v) is 7.19. The van der Waals surface area contributed by atoms with Gasteiger partial charge in [0.2, 0.25) is 0 Å². The number of hydrogen-bond donors (Lipinski definition) is 0. The summed E-state index contributed by atoms with van der Waals surface area (Å²) in [5, 5.41) is 0. The molecule has 4 heteroatoms. The van der Waals surface area contributed by atoms with E-state index in [2.05, 4.69) is 22.9 Å². The molecule has 0 unspecified atom stereocenters. The Hall–Kier alpha value is -0.410. The molecule has 0 aliphatic rings. The fourth-order valence-corrected chi connectivity index (χ4v) is 2.18. The fraction of sp³-hybridized carbons (Fsp3) is 0.538. The Balaban J connectivity index is 2.90. The molecular weight excluding hydrogens is 303 g/mol. The predicted octanol–water partition coefficient (Wildman–Crippen LogP) is 4.77. The molecule has 2 nitrogen and oxygen atoms in total. The molecule has 0 bridgehead atoms. The van der Waals surface area contributed by atoms with Crippen molar-refractivity contribution in [3.05, 3.63) is 22.2 Å². The molecule has 96 valence electrons. The van der Waals surface area contributed by atoms with Gasteiger partial charge < -0.3 is 9.47 Å². The van der Waals surface area contributed by atoms with Gasteiger partial charge in [0.25, 0.3) is 0 Å². The minimum Gasteiger partial charge on any atom is -0.490 e. The molecule has 1 aromatic rings. The van der Waals surface area contributed by atoms with Crippen LogP contribution in [0.3, 0.4) is 0 Å². The van der Waals surface area contributed by atoms with Gasteiger partial charge in [0.05, 0.1) is 17.7 Å². The Morgan fingerprint density at radius 2 is 2.00 bits per heavy atom. The molecule has 0 fully saturated rings. The molecule has 0 spiro atoms. The molecule has 17 heavy (non-hydrogen) atoms. The SMILES string of the molecule is CCCCOc1c(Br)cc(CCl)cc1OCC. The summed E-state index contributed by atoms with van der Waals surface area (Å²) in [5.74, 6) is 2.00. The molecule has 0 radical (unpaired) electrons. The number of halogens is 2. The molecule has 0 saturated heterocycles. The maximum Gasteiger partial charge on any atom is 0.175 e. The van der Waals surface area contributed by atoms with Gasteiger partial charge in [0.1, 0.15) is 0 Å². The number of unbranched alkanes of at least 4 members (excludes halogenated alkanes) is 1. The van der Waals surface area contributed by atoms with E-state index in [1.807, 2.05) is 19.1 Å². The highest BCUT2D eigenvalue weighted by Crippen LogP contribution is 2.37. The summed E-state index contributed by atoms with van der Waals surface area (Å²) in [5.41, 5.74) is 1.02. The van der Waals surface area contributed by atoms with Gasteiger partial charge in [-0.2, -0.15) is 0 Å². The molecule has 0 aromatic heterocycles. The maximum atomic E-state index is 5.83. The van der Waals surface area contributed by atoms with Crippen LogP contribution >= 0.6 is 27.5 Å². The van der Waals surface area contributed by atoms with Gasteiger partial charge in [0.15, 0.2) is 11.5 Å². The first-order valence-electron chi connectivity index (χ1n) is 5.86. The average molecular weight is 322 g/mol. The third-order valence-electron chi connectivity index (χ3n) is 2.27. The summed E-state index contributed by atoms with van der Waals surface area (Å²) in [6.45, 7) is 5.41. The van der Waals surface area contributed by atoms with Crippen molar-refractivity contribution >= 4 is 27.5 Å². The Morgan fingerprint density at radius 3 is 2.59 bits per heavy atom. The van der Waals surface area contributed by atoms with Gasteiger partial charge >= 0.3 is 0 Å². The second-order valence-corrected chi connectivity index (χ2v) is 4.80. The molecule has 0 amide bonds. The minimum absolute atomic E-state index is 0.466. The van der Waals surface area contributed by atoms with Crippen molar-refractivity contribution in [2.45, 2.75) is 32.6 Å². The topological polar surface area (TPSA) is 18.5 Å². The number of alkyl halides is 1. The van der Waals surface area contributed by atoms with Crippen LogP contribution in [0, 0.1) is 0 Å². The van der Waals surface area contributed by atoms with Gasteiger partial charge in [-0.3, -0.25) is 0 Å². The number of rotatable bonds is 7. The Bertz CT molecular complexity index is 356. The van der Waals surface area contributed by atoms with E-state index in [9.17, 15) is 0 Å². The monoisotopic (exact) mass is 320 g/mol. The lowest BCUT2D eigenvalue weighted by atomic mass is 10.2. The lowest BCUT2D eigenvalue weighted by molar-refractivity contribution is 0.271. The summed E-state index contributed by atoms with van der Waals surface area (Å²) >= 11 is 9.33. The van der Waals surface area contributed by atoms with E-state index < -0.39 is 0 Å². The van der Waals surface area contributed by atoms with E-state index in [0.717, 1.165) is 34.4 Å². The molecule has 0 aliphatic heterocycles. The van der Waals surface area contributed by atoms with Crippen LogP contribution in [0.5, 0.6) is 11.5 Å². The van der Waals surface area contributed by atoms with Crippen molar-refractivity contribution in [2.24, 2.45) is 0 Å². The standard InChI is InChI=1S/C13H18BrClO2/c1-3-5-6-17-13-11(14)7-10(9-15)8-12(13)16-4-2/h7-8H,3-6,9H2,1-2H3. The molecular formula is C13H18BrClO2. The summed E-state index contributed by atoms with van der Waals surface area (Å²) in [6.07, 6.45) is 2.15. The van der Waals surface area contributed by atoms with Crippen molar-refractivity contribution in [3.63, 3.8) is 0 Å². The van der Waals surface area contributed by atoms with Crippen LogP contribution in [0.15, 0.2) is 16.6 Å². The maximum absolute atomic E-state index is 5.83. The van der Waals surface area contributed by atoms with Crippen LogP contribution in [0.1, 0.15) is 32.3 Å². The van der Waals surface area contributed by atoms with E-state index in [1.54, 1.807) is 0 Å². The van der Waals surface area contributed by atoms with Crippen molar-refractivity contribution in [2.75, 3.05) is 13.2 Å². The van der Waals surface area contributed by atoms with E-state index in [0.29, 0.717) is 19.1 Å². The first kappa shape index (κ1) is 14.7. The quantitative estimate of drug-likeness (QED) is 0.532. The third-order valence-corrected chi connectivity index (χ3v) is 3.17. The summed E-state index contributed by atoms with van der Waals surface area (Å²) in [4.78, 5) is 0. The number of benzene rings is 1. The van der Waals surface area contributed by atoms with Gasteiger partial charge in [-0.05, 0) is 47.0 Å². The van der Waals surface area contributed by atoms with Crippen LogP contribution in [-0.2, 0) is 5.88 Å². The second-order valence-electron chi connectivity index (χ2n) is 3.67. The molecule has 0 aliphatic carbocycles. The summed E-state index contributed by atoms with van der Waals surface area (Å²) in [6, 6.07) is 3.90. The Kier molecular flexibility index (Phi) is 6.75. The largest absolute Gasteiger partial charge is 0.490 e. The number of hydrogen-bond acceptors (Lipinski definition) is 2. The minimum atomic E-state index is 0.466. The Labute approximate surface area is 116 Å². The third kappa shape index (κ3) is 4.40. The van der Waals surface area contributed by atoms with Crippen molar-refractivity contribution in [3.8, 4) is 11.5 Å². The smallest absolute Gasteiger partial charge is 0.175 e.